The van der Waals surface area contributed by atoms with E-state index in [0.717, 1.165) is 105 Å². The van der Waals surface area contributed by atoms with Crippen molar-refractivity contribution in [2.75, 3.05) is 4.90 Å². The Balaban J connectivity index is 1.14. The van der Waals surface area contributed by atoms with E-state index in [1.54, 1.807) is 0 Å². The van der Waals surface area contributed by atoms with Crippen LogP contribution in [-0.2, 0) is 0 Å². The number of furan rings is 2. The molecule has 0 atom stereocenters. The van der Waals surface area contributed by atoms with Gasteiger partial charge in [-0.2, -0.15) is 0 Å². The summed E-state index contributed by atoms with van der Waals surface area (Å²) < 4.78 is 13.5. The Hall–Kier alpha value is -7.62. The number of anilines is 3. The first-order valence-corrected chi connectivity index (χ1v) is 19.3. The van der Waals surface area contributed by atoms with Gasteiger partial charge in [0.2, 0.25) is 0 Å². The fourth-order valence-corrected chi connectivity index (χ4v) is 8.35. The van der Waals surface area contributed by atoms with Crippen LogP contribution in [0.3, 0.4) is 0 Å². The molecule has 11 rings (SSSR count). The van der Waals surface area contributed by atoms with Crippen molar-refractivity contribution in [2.24, 2.45) is 0 Å². The van der Waals surface area contributed by atoms with Crippen molar-refractivity contribution in [3.8, 4) is 44.5 Å². The van der Waals surface area contributed by atoms with Crippen LogP contribution >= 0.6 is 0 Å². The minimum Gasteiger partial charge on any atom is -0.455 e. The van der Waals surface area contributed by atoms with Crippen LogP contribution in [0.4, 0.5) is 17.1 Å². The summed E-state index contributed by atoms with van der Waals surface area (Å²) >= 11 is 0. The van der Waals surface area contributed by atoms with Crippen LogP contribution in [0.5, 0.6) is 0 Å². The normalized spacial score (nSPS) is 11.5. The molecule has 0 fully saturated rings. The number of hydrogen-bond acceptors (Lipinski definition) is 3. The summed E-state index contributed by atoms with van der Waals surface area (Å²) in [5.74, 6) is 0. The molecule has 2 heterocycles. The molecule has 0 N–H and O–H groups in total. The monoisotopic (exact) mass is 729 g/mol. The van der Waals surface area contributed by atoms with Crippen molar-refractivity contribution < 1.29 is 8.83 Å². The van der Waals surface area contributed by atoms with Crippen LogP contribution in [0.25, 0.3) is 88.4 Å². The Morgan fingerprint density at radius 2 is 0.754 bits per heavy atom. The number of benzene rings is 9. The van der Waals surface area contributed by atoms with Crippen LogP contribution in [0.15, 0.2) is 221 Å². The Bertz CT molecular complexity index is 3160. The Kier molecular flexibility index (Phi) is 7.82. The van der Waals surface area contributed by atoms with E-state index in [4.69, 9.17) is 8.83 Å². The lowest BCUT2D eigenvalue weighted by Crippen LogP contribution is -2.10. The van der Waals surface area contributed by atoms with Gasteiger partial charge in [-0.25, -0.2) is 0 Å². The zero-order valence-electron chi connectivity index (χ0n) is 31.0. The van der Waals surface area contributed by atoms with Crippen LogP contribution < -0.4 is 4.90 Å². The minimum atomic E-state index is 0.832. The summed E-state index contributed by atoms with van der Waals surface area (Å²) in [6.07, 6.45) is 0. The van der Waals surface area contributed by atoms with Crippen LogP contribution in [0, 0.1) is 0 Å². The molecule has 0 amide bonds. The van der Waals surface area contributed by atoms with E-state index in [0.29, 0.717) is 0 Å². The van der Waals surface area contributed by atoms with E-state index in [2.05, 4.69) is 199 Å². The molecule has 0 bridgehead atoms. The third kappa shape index (κ3) is 5.68. The summed E-state index contributed by atoms with van der Waals surface area (Å²) in [5.41, 5.74) is 15.4. The largest absolute Gasteiger partial charge is 0.455 e. The highest BCUT2D eigenvalue weighted by Crippen LogP contribution is 2.46. The summed E-state index contributed by atoms with van der Waals surface area (Å²) in [5, 5.41) is 4.40. The smallest absolute Gasteiger partial charge is 0.159 e. The lowest BCUT2D eigenvalue weighted by Gasteiger charge is -2.27. The predicted octanol–water partition coefficient (Wildman–Crippen LogP) is 15.6. The molecule has 268 valence electrons. The molecule has 0 unspecified atom stereocenters. The quantitative estimate of drug-likeness (QED) is 0.164. The molecule has 0 saturated heterocycles. The Morgan fingerprint density at radius 3 is 1.39 bits per heavy atom. The van der Waals surface area contributed by atoms with Crippen LogP contribution in [-0.4, -0.2) is 0 Å². The van der Waals surface area contributed by atoms with Crippen molar-refractivity contribution in [2.45, 2.75) is 0 Å². The van der Waals surface area contributed by atoms with Gasteiger partial charge in [-0.05, 0) is 75.8 Å². The number of para-hydroxylation sites is 4. The molecule has 0 spiro atoms. The second kappa shape index (κ2) is 13.6. The van der Waals surface area contributed by atoms with Gasteiger partial charge < -0.3 is 13.7 Å². The van der Waals surface area contributed by atoms with Gasteiger partial charge in [-0.1, -0.05) is 170 Å². The standard InChI is InChI=1S/C54H35NO2/c1-4-15-36(16-5-1)40-33-41(37-17-6-2-7-18-37)35-43(34-40)55(42-31-29-39(30-32-42)45-23-12-24-47-46-21-10-11-28-51(46)56-52(45)47)50-27-14-26-49-48-25-13-22-44(53(48)57-54(49)50)38-19-8-3-9-20-38/h1-35H. The summed E-state index contributed by atoms with van der Waals surface area (Å²) in [6.45, 7) is 0. The lowest BCUT2D eigenvalue weighted by molar-refractivity contribution is 0.670. The summed E-state index contributed by atoms with van der Waals surface area (Å²) in [4.78, 5) is 2.34. The van der Waals surface area contributed by atoms with E-state index in [1.807, 2.05) is 18.2 Å². The number of rotatable bonds is 7. The highest BCUT2D eigenvalue weighted by atomic mass is 16.3. The molecule has 9 aromatic carbocycles. The number of fused-ring (bicyclic) bond motifs is 6. The third-order valence-electron chi connectivity index (χ3n) is 11.1. The van der Waals surface area contributed by atoms with Crippen molar-refractivity contribution in [1.82, 2.24) is 0 Å². The average molecular weight is 730 g/mol. The predicted molar refractivity (Wildman–Crippen MR) is 237 cm³/mol. The van der Waals surface area contributed by atoms with Crippen molar-refractivity contribution in [3.63, 3.8) is 0 Å². The minimum absolute atomic E-state index is 0.832. The molecule has 0 saturated carbocycles. The fourth-order valence-electron chi connectivity index (χ4n) is 8.35. The molecule has 0 radical (unpaired) electrons. The Labute approximate surface area is 330 Å². The van der Waals surface area contributed by atoms with Gasteiger partial charge in [-0.15, -0.1) is 0 Å². The SMILES string of the molecule is c1ccc(-c2cc(-c3ccccc3)cc(N(c3ccc(-c4cccc5c4oc4ccccc45)cc3)c3cccc4c3oc3c(-c5ccccc5)cccc34)c2)cc1. The molecule has 3 nitrogen and oxygen atoms in total. The van der Waals surface area contributed by atoms with Gasteiger partial charge in [0.05, 0.1) is 5.69 Å². The first-order valence-electron chi connectivity index (χ1n) is 19.3. The van der Waals surface area contributed by atoms with Gasteiger partial charge >= 0.3 is 0 Å². The topological polar surface area (TPSA) is 29.5 Å². The van der Waals surface area contributed by atoms with Crippen molar-refractivity contribution in [1.29, 1.82) is 0 Å². The molecule has 2 aromatic heterocycles. The highest BCUT2D eigenvalue weighted by Gasteiger charge is 2.22. The van der Waals surface area contributed by atoms with Gasteiger partial charge in [0, 0.05) is 44.0 Å². The zero-order chi connectivity index (χ0) is 37.7. The van der Waals surface area contributed by atoms with Crippen LogP contribution in [0.2, 0.25) is 0 Å². The maximum absolute atomic E-state index is 7.04. The molecule has 3 heteroatoms. The Morgan fingerprint density at radius 1 is 0.281 bits per heavy atom. The molecule has 57 heavy (non-hydrogen) atoms. The number of nitrogens with zero attached hydrogens (tertiary/aromatic N) is 1. The van der Waals surface area contributed by atoms with Crippen molar-refractivity contribution >= 4 is 60.9 Å². The molecule has 0 aliphatic heterocycles. The lowest BCUT2D eigenvalue weighted by atomic mass is 9.97. The van der Waals surface area contributed by atoms with Gasteiger partial charge in [0.15, 0.2) is 5.58 Å². The molecule has 11 aromatic rings. The first-order chi connectivity index (χ1) is 28.3. The zero-order valence-corrected chi connectivity index (χ0v) is 31.0. The molecular formula is C54H35NO2. The van der Waals surface area contributed by atoms with Gasteiger partial charge in [0.25, 0.3) is 0 Å². The van der Waals surface area contributed by atoms with E-state index in [-0.39, 0.29) is 0 Å². The third-order valence-corrected chi connectivity index (χ3v) is 11.1. The first kappa shape index (κ1) is 32.8. The molecule has 0 aliphatic carbocycles. The summed E-state index contributed by atoms with van der Waals surface area (Å²) in [7, 11) is 0. The number of hydrogen-bond donors (Lipinski definition) is 0. The van der Waals surface area contributed by atoms with Crippen molar-refractivity contribution in [3.05, 3.63) is 212 Å². The highest BCUT2D eigenvalue weighted by molar-refractivity contribution is 6.14. The average Bonchev–Trinajstić information content (AvgIpc) is 3.87. The van der Waals surface area contributed by atoms with E-state index in [9.17, 15) is 0 Å². The second-order valence-electron chi connectivity index (χ2n) is 14.5. The fraction of sp³-hybridized carbons (Fsp3) is 0. The maximum Gasteiger partial charge on any atom is 0.159 e. The second-order valence-corrected chi connectivity index (χ2v) is 14.5. The van der Waals surface area contributed by atoms with Gasteiger partial charge in [0.1, 0.15) is 16.7 Å². The summed E-state index contributed by atoms with van der Waals surface area (Å²) in [6, 6.07) is 75.0. The molecule has 0 aliphatic rings. The van der Waals surface area contributed by atoms with E-state index >= 15 is 0 Å². The van der Waals surface area contributed by atoms with E-state index < -0.39 is 0 Å². The molecular weight excluding hydrogens is 695 g/mol. The van der Waals surface area contributed by atoms with E-state index in [1.165, 1.54) is 0 Å². The van der Waals surface area contributed by atoms with Crippen LogP contribution in [0.1, 0.15) is 0 Å². The van der Waals surface area contributed by atoms with Gasteiger partial charge in [-0.3, -0.25) is 0 Å². The maximum atomic E-state index is 7.04.